The van der Waals surface area contributed by atoms with Crippen LogP contribution in [0.2, 0.25) is 5.02 Å². The second-order valence-corrected chi connectivity index (χ2v) is 8.18. The Morgan fingerprint density at radius 2 is 1.88 bits per heavy atom. The number of carboxylic acids is 1. The van der Waals surface area contributed by atoms with Crippen molar-refractivity contribution >= 4 is 35.1 Å². The molecule has 178 valence electrons. The number of nitrogens with zero attached hydrogens (tertiary/aromatic N) is 2. The number of carbonyl (C=O) groups is 3. The number of fused-ring (bicyclic) bond motifs is 1. The number of amides is 2. The van der Waals surface area contributed by atoms with Crippen LogP contribution in [0.25, 0.3) is 0 Å². The summed E-state index contributed by atoms with van der Waals surface area (Å²) < 4.78 is 31.7. The molecule has 1 aromatic rings. The fourth-order valence-electron chi connectivity index (χ4n) is 3.62. The lowest BCUT2D eigenvalue weighted by molar-refractivity contribution is -0.192. The first-order valence-corrected chi connectivity index (χ1v) is 10.8. The number of piperidine rings is 1. The van der Waals surface area contributed by atoms with Crippen molar-refractivity contribution < 1.29 is 32.7 Å². The van der Waals surface area contributed by atoms with Gasteiger partial charge in [-0.3, -0.25) is 9.59 Å². The van der Waals surface area contributed by atoms with Crippen LogP contribution in [0.15, 0.2) is 18.2 Å². The number of hydrogen-bond acceptors (Lipinski definition) is 4. The molecule has 0 atom stereocenters. The number of carboxylic acid groups (broad SMARTS) is 1. The summed E-state index contributed by atoms with van der Waals surface area (Å²) in [5.41, 5.74) is 1.24. The Bertz CT molecular complexity index is 829. The first kappa shape index (κ1) is 25.9. The van der Waals surface area contributed by atoms with E-state index >= 15 is 0 Å². The minimum atomic E-state index is -5.08. The fraction of sp³-hybridized carbons (Fsp3) is 0.571. The molecule has 2 amide bonds. The maximum absolute atomic E-state index is 13.1. The van der Waals surface area contributed by atoms with Gasteiger partial charge in [0.25, 0.3) is 5.91 Å². The van der Waals surface area contributed by atoms with Crippen LogP contribution < -0.4 is 10.2 Å². The van der Waals surface area contributed by atoms with Crippen LogP contribution in [0.4, 0.5) is 18.9 Å². The summed E-state index contributed by atoms with van der Waals surface area (Å²) in [6, 6.07) is 5.26. The second-order valence-electron chi connectivity index (χ2n) is 7.74. The van der Waals surface area contributed by atoms with E-state index in [0.29, 0.717) is 35.3 Å². The van der Waals surface area contributed by atoms with Crippen LogP contribution in [0.3, 0.4) is 0 Å². The van der Waals surface area contributed by atoms with Crippen molar-refractivity contribution in [2.45, 2.75) is 38.8 Å². The van der Waals surface area contributed by atoms with Crippen molar-refractivity contribution in [1.29, 1.82) is 0 Å². The Hall–Kier alpha value is -2.33. The number of halogens is 4. The van der Waals surface area contributed by atoms with E-state index in [0.717, 1.165) is 38.8 Å². The van der Waals surface area contributed by atoms with Crippen molar-refractivity contribution in [1.82, 2.24) is 10.2 Å². The monoisotopic (exact) mass is 477 g/mol. The van der Waals surface area contributed by atoms with Crippen LogP contribution in [0.5, 0.6) is 0 Å². The zero-order valence-electron chi connectivity index (χ0n) is 17.8. The Balaban J connectivity index is 0.000000451. The minimum absolute atomic E-state index is 0.00296. The SMILES string of the molecule is CCCCN1C(=O)CN(CC2CCNCC2)C(=O)c2cc(Cl)ccc21.O=C(O)C(F)(F)F. The number of unbranched alkanes of at least 4 members (excludes halogenated alkanes) is 1. The summed E-state index contributed by atoms with van der Waals surface area (Å²) in [7, 11) is 0. The lowest BCUT2D eigenvalue weighted by atomic mass is 9.97. The van der Waals surface area contributed by atoms with Crippen molar-refractivity contribution in [3.8, 4) is 0 Å². The van der Waals surface area contributed by atoms with Gasteiger partial charge < -0.3 is 20.2 Å². The van der Waals surface area contributed by atoms with Crippen LogP contribution >= 0.6 is 11.6 Å². The van der Waals surface area contributed by atoms with E-state index in [1.165, 1.54) is 0 Å². The molecule has 0 unspecified atom stereocenters. The number of alkyl halides is 3. The van der Waals surface area contributed by atoms with E-state index in [1.54, 1.807) is 28.0 Å². The van der Waals surface area contributed by atoms with Gasteiger partial charge in [-0.15, -0.1) is 0 Å². The van der Waals surface area contributed by atoms with E-state index in [1.807, 2.05) is 0 Å². The lowest BCUT2D eigenvalue weighted by Gasteiger charge is -2.29. The fourth-order valence-corrected chi connectivity index (χ4v) is 3.80. The Labute approximate surface area is 189 Å². The molecule has 1 fully saturated rings. The van der Waals surface area contributed by atoms with Gasteiger partial charge in [0.15, 0.2) is 0 Å². The quantitative estimate of drug-likeness (QED) is 0.676. The number of aliphatic carboxylic acids is 1. The van der Waals surface area contributed by atoms with Crippen molar-refractivity contribution in [2.75, 3.05) is 37.6 Å². The van der Waals surface area contributed by atoms with Gasteiger partial charge in [0.05, 0.1) is 11.3 Å². The normalized spacial score (nSPS) is 17.4. The predicted octanol–water partition coefficient (Wildman–Crippen LogP) is 3.56. The van der Waals surface area contributed by atoms with E-state index in [2.05, 4.69) is 12.2 Å². The molecule has 1 aromatic carbocycles. The molecule has 0 spiro atoms. The van der Waals surface area contributed by atoms with Gasteiger partial charge in [0.1, 0.15) is 6.54 Å². The van der Waals surface area contributed by atoms with Gasteiger partial charge >= 0.3 is 12.1 Å². The summed E-state index contributed by atoms with van der Waals surface area (Å²) in [4.78, 5) is 38.3. The van der Waals surface area contributed by atoms with Gasteiger partial charge in [0.2, 0.25) is 5.91 Å². The average molecular weight is 478 g/mol. The largest absolute Gasteiger partial charge is 0.490 e. The van der Waals surface area contributed by atoms with Crippen molar-refractivity contribution in [2.24, 2.45) is 5.92 Å². The number of rotatable bonds is 5. The molecule has 0 aliphatic carbocycles. The molecular formula is C21H27ClF3N3O4. The summed E-state index contributed by atoms with van der Waals surface area (Å²) >= 11 is 6.14. The van der Waals surface area contributed by atoms with E-state index in [9.17, 15) is 22.8 Å². The molecule has 0 saturated carbocycles. The standard InChI is InChI=1S/C19H26ClN3O2.C2HF3O2/c1-2-3-10-23-17-5-4-15(20)11-16(17)19(25)22(13-18(23)24)12-14-6-8-21-9-7-14;3-2(4,5)1(6)7/h4-5,11,14,21H,2-3,6-10,12-13H2,1H3;(H,6,7). The number of benzene rings is 1. The predicted molar refractivity (Wildman–Crippen MR) is 114 cm³/mol. The third kappa shape index (κ3) is 7.09. The number of anilines is 1. The van der Waals surface area contributed by atoms with Gasteiger partial charge in [-0.1, -0.05) is 24.9 Å². The molecule has 0 bridgehead atoms. The third-order valence-corrected chi connectivity index (χ3v) is 5.54. The number of nitrogens with one attached hydrogen (secondary N) is 1. The van der Waals surface area contributed by atoms with Gasteiger partial charge in [0, 0.05) is 18.1 Å². The molecule has 0 radical (unpaired) electrons. The van der Waals surface area contributed by atoms with Crippen LogP contribution in [0, 0.1) is 5.92 Å². The second kappa shape index (κ2) is 11.5. The average Bonchev–Trinajstić information content (AvgIpc) is 2.82. The number of carbonyl (C=O) groups excluding carboxylic acids is 2. The maximum atomic E-state index is 13.1. The molecule has 2 N–H and O–H groups in total. The van der Waals surface area contributed by atoms with Crippen molar-refractivity contribution in [3.05, 3.63) is 28.8 Å². The van der Waals surface area contributed by atoms with Gasteiger partial charge in [-0.2, -0.15) is 13.2 Å². The molecule has 2 heterocycles. The van der Waals surface area contributed by atoms with Crippen LogP contribution in [-0.4, -0.2) is 66.7 Å². The molecule has 7 nitrogen and oxygen atoms in total. The first-order valence-electron chi connectivity index (χ1n) is 10.4. The molecule has 32 heavy (non-hydrogen) atoms. The molecule has 2 aliphatic rings. The highest BCUT2D eigenvalue weighted by Crippen LogP contribution is 2.30. The highest BCUT2D eigenvalue weighted by molar-refractivity contribution is 6.31. The smallest absolute Gasteiger partial charge is 0.475 e. The van der Waals surface area contributed by atoms with Crippen molar-refractivity contribution in [3.63, 3.8) is 0 Å². The zero-order chi connectivity index (χ0) is 23.9. The minimum Gasteiger partial charge on any atom is -0.475 e. The topological polar surface area (TPSA) is 90.0 Å². The van der Waals surface area contributed by atoms with Gasteiger partial charge in [-0.05, 0) is 56.5 Å². The molecule has 0 aromatic heterocycles. The summed E-state index contributed by atoms with van der Waals surface area (Å²) in [6.45, 7) is 5.48. The Morgan fingerprint density at radius 3 is 2.44 bits per heavy atom. The highest BCUT2D eigenvalue weighted by atomic mass is 35.5. The first-order chi connectivity index (χ1) is 15.0. The summed E-state index contributed by atoms with van der Waals surface area (Å²) in [5, 5.41) is 11.0. The molecule has 11 heteroatoms. The lowest BCUT2D eigenvalue weighted by Crippen LogP contribution is -2.43. The maximum Gasteiger partial charge on any atom is 0.490 e. The third-order valence-electron chi connectivity index (χ3n) is 5.31. The molecule has 3 rings (SSSR count). The Morgan fingerprint density at radius 1 is 1.25 bits per heavy atom. The summed E-state index contributed by atoms with van der Waals surface area (Å²) in [6.07, 6.45) is -1.09. The Kier molecular flexibility index (Phi) is 9.33. The van der Waals surface area contributed by atoms with Crippen LogP contribution in [-0.2, 0) is 9.59 Å². The van der Waals surface area contributed by atoms with E-state index < -0.39 is 12.1 Å². The zero-order valence-corrected chi connectivity index (χ0v) is 18.5. The summed E-state index contributed by atoms with van der Waals surface area (Å²) in [5.74, 6) is -2.39. The molecule has 1 saturated heterocycles. The molecule has 2 aliphatic heterocycles. The molecular weight excluding hydrogens is 451 g/mol. The highest BCUT2D eigenvalue weighted by Gasteiger charge is 2.38. The van der Waals surface area contributed by atoms with E-state index in [-0.39, 0.29) is 18.4 Å². The van der Waals surface area contributed by atoms with E-state index in [4.69, 9.17) is 21.5 Å². The number of hydrogen-bond donors (Lipinski definition) is 2. The van der Waals surface area contributed by atoms with Crippen LogP contribution in [0.1, 0.15) is 43.0 Å². The van der Waals surface area contributed by atoms with Gasteiger partial charge in [-0.25, -0.2) is 4.79 Å².